The summed E-state index contributed by atoms with van der Waals surface area (Å²) in [5.74, 6) is 1.90. The third-order valence-electron chi connectivity index (χ3n) is 4.27. The van der Waals surface area contributed by atoms with Crippen molar-refractivity contribution in [1.29, 1.82) is 0 Å². The zero-order valence-corrected chi connectivity index (χ0v) is 13.1. The molecule has 21 heavy (non-hydrogen) atoms. The van der Waals surface area contributed by atoms with Crippen LogP contribution in [0.3, 0.4) is 0 Å². The van der Waals surface area contributed by atoms with Crippen LogP contribution in [-0.2, 0) is 0 Å². The number of allylic oxidation sites excluding steroid dienone is 2. The van der Waals surface area contributed by atoms with E-state index in [1.165, 1.54) is 35.3 Å². The second-order valence-corrected chi connectivity index (χ2v) is 6.36. The molecule has 1 aromatic rings. The van der Waals surface area contributed by atoms with Crippen molar-refractivity contribution >= 4 is 5.71 Å². The molecule has 110 valence electrons. The number of nitrogens with zero attached hydrogens (tertiary/aromatic N) is 1. The molecular weight excluding hydrogens is 256 g/mol. The quantitative estimate of drug-likeness (QED) is 0.851. The van der Waals surface area contributed by atoms with Crippen molar-refractivity contribution in [3.05, 3.63) is 58.9 Å². The van der Waals surface area contributed by atoms with Crippen LogP contribution in [0.1, 0.15) is 43.7 Å². The van der Waals surface area contributed by atoms with E-state index in [2.05, 4.69) is 50.0 Å². The maximum Gasteiger partial charge on any atom is 0.129 e. The molecule has 1 aliphatic heterocycles. The predicted octanol–water partition coefficient (Wildman–Crippen LogP) is 4.37. The molecule has 0 bridgehead atoms. The van der Waals surface area contributed by atoms with Gasteiger partial charge in [0.1, 0.15) is 5.82 Å². The minimum Gasteiger partial charge on any atom is -0.370 e. The van der Waals surface area contributed by atoms with E-state index in [1.54, 1.807) is 0 Å². The standard InChI is InChI=1S/C19H24N2/c1-13(2)17-9-10-18(16-6-4-5-14(3)11-16)21-19(17)20-12-15-7-8-15/h4-6,11,15,20H,1,7-10,12H2,2-3H3. The number of rotatable bonds is 5. The molecule has 2 aliphatic rings. The fraction of sp³-hybridized carbons (Fsp3) is 0.421. The second-order valence-electron chi connectivity index (χ2n) is 6.36. The lowest BCUT2D eigenvalue weighted by Gasteiger charge is -2.21. The molecule has 1 N–H and O–H groups in total. The van der Waals surface area contributed by atoms with Crippen LogP contribution in [-0.4, -0.2) is 12.3 Å². The zero-order valence-electron chi connectivity index (χ0n) is 13.1. The number of hydrogen-bond donors (Lipinski definition) is 1. The van der Waals surface area contributed by atoms with Crippen LogP contribution in [0.2, 0.25) is 0 Å². The summed E-state index contributed by atoms with van der Waals surface area (Å²) in [7, 11) is 0. The van der Waals surface area contributed by atoms with Gasteiger partial charge in [0.15, 0.2) is 0 Å². The summed E-state index contributed by atoms with van der Waals surface area (Å²) in [4.78, 5) is 4.92. The molecule has 1 fully saturated rings. The highest BCUT2D eigenvalue weighted by Gasteiger charge is 2.23. The summed E-state index contributed by atoms with van der Waals surface area (Å²) >= 11 is 0. The molecule has 0 unspecified atom stereocenters. The Bertz CT molecular complexity index is 618. The number of aliphatic imine (C=N–C) groups is 1. The topological polar surface area (TPSA) is 24.4 Å². The van der Waals surface area contributed by atoms with Gasteiger partial charge in [-0.15, -0.1) is 0 Å². The summed E-state index contributed by atoms with van der Waals surface area (Å²) in [5, 5.41) is 3.56. The Labute approximate surface area is 127 Å². The molecule has 1 aliphatic carbocycles. The lowest BCUT2D eigenvalue weighted by molar-refractivity contribution is 0.694. The maximum atomic E-state index is 4.92. The van der Waals surface area contributed by atoms with Gasteiger partial charge in [0, 0.05) is 6.54 Å². The van der Waals surface area contributed by atoms with Crippen molar-refractivity contribution in [3.8, 4) is 0 Å². The van der Waals surface area contributed by atoms with Crippen molar-refractivity contribution in [2.75, 3.05) is 6.54 Å². The van der Waals surface area contributed by atoms with Gasteiger partial charge in [0.05, 0.1) is 5.71 Å². The second kappa shape index (κ2) is 5.88. The molecule has 2 nitrogen and oxygen atoms in total. The van der Waals surface area contributed by atoms with Gasteiger partial charge in [-0.1, -0.05) is 42.0 Å². The Hall–Kier alpha value is -1.83. The van der Waals surface area contributed by atoms with Crippen molar-refractivity contribution in [3.63, 3.8) is 0 Å². The number of nitrogens with one attached hydrogen (secondary N) is 1. The van der Waals surface area contributed by atoms with Crippen LogP contribution < -0.4 is 5.32 Å². The van der Waals surface area contributed by atoms with Crippen molar-refractivity contribution < 1.29 is 0 Å². The van der Waals surface area contributed by atoms with E-state index >= 15 is 0 Å². The van der Waals surface area contributed by atoms with E-state index < -0.39 is 0 Å². The molecule has 0 atom stereocenters. The van der Waals surface area contributed by atoms with E-state index in [1.807, 2.05) is 0 Å². The summed E-state index contributed by atoms with van der Waals surface area (Å²) in [6.07, 6.45) is 4.75. The average Bonchev–Trinajstić information content (AvgIpc) is 3.29. The summed E-state index contributed by atoms with van der Waals surface area (Å²) in [6.45, 7) is 9.39. The molecule has 1 heterocycles. The highest BCUT2D eigenvalue weighted by atomic mass is 15.0. The van der Waals surface area contributed by atoms with Crippen LogP contribution in [0.5, 0.6) is 0 Å². The van der Waals surface area contributed by atoms with Crippen molar-refractivity contribution in [1.82, 2.24) is 5.32 Å². The van der Waals surface area contributed by atoms with E-state index in [-0.39, 0.29) is 0 Å². The zero-order chi connectivity index (χ0) is 14.8. The van der Waals surface area contributed by atoms with Crippen LogP contribution >= 0.6 is 0 Å². The predicted molar refractivity (Wildman–Crippen MR) is 89.5 cm³/mol. The van der Waals surface area contributed by atoms with E-state index in [0.717, 1.165) is 36.7 Å². The first-order valence-electron chi connectivity index (χ1n) is 7.91. The first-order valence-corrected chi connectivity index (χ1v) is 7.91. The number of aryl methyl sites for hydroxylation is 1. The molecule has 1 saturated carbocycles. The molecule has 3 rings (SSSR count). The maximum absolute atomic E-state index is 4.92. The minimum atomic E-state index is 0.850. The third-order valence-corrected chi connectivity index (χ3v) is 4.27. The Morgan fingerprint density at radius 2 is 2.14 bits per heavy atom. The lowest BCUT2D eigenvalue weighted by atomic mass is 9.95. The Morgan fingerprint density at radius 3 is 2.81 bits per heavy atom. The van der Waals surface area contributed by atoms with E-state index in [4.69, 9.17) is 4.99 Å². The molecule has 2 heteroatoms. The van der Waals surface area contributed by atoms with Gasteiger partial charge in [-0.25, -0.2) is 4.99 Å². The highest BCUT2D eigenvalue weighted by Crippen LogP contribution is 2.30. The molecule has 0 spiro atoms. The van der Waals surface area contributed by atoms with Gasteiger partial charge in [-0.05, 0) is 56.6 Å². The fourth-order valence-electron chi connectivity index (χ4n) is 2.78. The molecular formula is C19H24N2. The van der Waals surface area contributed by atoms with E-state index in [9.17, 15) is 0 Å². The molecule has 0 radical (unpaired) electrons. The van der Waals surface area contributed by atoms with Gasteiger partial charge in [0.2, 0.25) is 0 Å². The van der Waals surface area contributed by atoms with Gasteiger partial charge in [-0.3, -0.25) is 0 Å². The highest BCUT2D eigenvalue weighted by molar-refractivity contribution is 6.02. The number of benzene rings is 1. The Balaban J connectivity index is 1.87. The number of hydrogen-bond acceptors (Lipinski definition) is 2. The summed E-state index contributed by atoms with van der Waals surface area (Å²) in [5.41, 5.74) is 6.17. The van der Waals surface area contributed by atoms with Crippen LogP contribution in [0, 0.1) is 12.8 Å². The Kier molecular flexibility index (Phi) is 3.96. The molecule has 0 saturated heterocycles. The lowest BCUT2D eigenvalue weighted by Crippen LogP contribution is -2.22. The van der Waals surface area contributed by atoms with Gasteiger partial charge < -0.3 is 5.32 Å². The summed E-state index contributed by atoms with van der Waals surface area (Å²) < 4.78 is 0. The minimum absolute atomic E-state index is 0.850. The molecule has 0 aromatic heterocycles. The SMILES string of the molecule is C=C(C)C1=C(NCC2CC2)N=C(c2cccc(C)c2)CC1. The first kappa shape index (κ1) is 14.1. The van der Waals surface area contributed by atoms with Gasteiger partial charge in [-0.2, -0.15) is 0 Å². The smallest absolute Gasteiger partial charge is 0.129 e. The normalized spacial score (nSPS) is 18.5. The van der Waals surface area contributed by atoms with Crippen molar-refractivity contribution in [2.45, 2.75) is 39.5 Å². The molecule has 1 aromatic carbocycles. The van der Waals surface area contributed by atoms with Gasteiger partial charge in [0.25, 0.3) is 0 Å². The monoisotopic (exact) mass is 280 g/mol. The van der Waals surface area contributed by atoms with Crippen LogP contribution in [0.4, 0.5) is 0 Å². The van der Waals surface area contributed by atoms with E-state index in [0.29, 0.717) is 0 Å². The fourth-order valence-corrected chi connectivity index (χ4v) is 2.78. The Morgan fingerprint density at radius 1 is 1.33 bits per heavy atom. The van der Waals surface area contributed by atoms with Crippen LogP contribution in [0.25, 0.3) is 0 Å². The summed E-state index contributed by atoms with van der Waals surface area (Å²) in [6, 6.07) is 8.63. The van der Waals surface area contributed by atoms with Gasteiger partial charge >= 0.3 is 0 Å². The van der Waals surface area contributed by atoms with Crippen molar-refractivity contribution in [2.24, 2.45) is 10.9 Å². The molecule has 0 amide bonds. The average molecular weight is 280 g/mol. The third kappa shape index (κ3) is 3.44. The van der Waals surface area contributed by atoms with Crippen LogP contribution in [0.15, 0.2) is 52.8 Å². The first-order chi connectivity index (χ1) is 10.1. The largest absolute Gasteiger partial charge is 0.370 e.